The zero-order valence-electron chi connectivity index (χ0n) is 13.4. The third-order valence-corrected chi connectivity index (χ3v) is 2.96. The minimum Gasteiger partial charge on any atom is -0.461 e. The molecule has 22 heavy (non-hydrogen) atoms. The Hall–Kier alpha value is -2.07. The molecule has 0 aromatic carbocycles. The highest BCUT2D eigenvalue weighted by atomic mass is 32.1. The summed E-state index contributed by atoms with van der Waals surface area (Å²) in [5.74, 6) is 5.17. The molecule has 1 amide bonds. The normalized spacial score (nSPS) is 10.4. The Morgan fingerprint density at radius 1 is 1.41 bits per heavy atom. The molecule has 7 heteroatoms. The Balaban J connectivity index is 2.57. The van der Waals surface area contributed by atoms with Crippen LogP contribution in [0.5, 0.6) is 0 Å². The van der Waals surface area contributed by atoms with Crippen LogP contribution in [0.3, 0.4) is 0 Å². The number of rotatable bonds is 3. The van der Waals surface area contributed by atoms with Gasteiger partial charge in [0.2, 0.25) is 0 Å². The van der Waals surface area contributed by atoms with E-state index in [1.807, 2.05) is 0 Å². The van der Waals surface area contributed by atoms with E-state index >= 15 is 0 Å². The summed E-state index contributed by atoms with van der Waals surface area (Å²) in [5.41, 5.74) is -0.292. The Bertz CT molecular complexity index is 593. The number of carbonyl (C=O) groups is 2. The first-order valence-electron chi connectivity index (χ1n) is 6.78. The topological polar surface area (TPSA) is 68.7 Å². The van der Waals surface area contributed by atoms with Gasteiger partial charge in [0.1, 0.15) is 5.60 Å². The fraction of sp³-hybridized carbons (Fsp3) is 0.533. The van der Waals surface area contributed by atoms with Gasteiger partial charge in [-0.25, -0.2) is 14.6 Å². The predicted molar refractivity (Wildman–Crippen MR) is 83.8 cm³/mol. The van der Waals surface area contributed by atoms with Crippen LogP contribution in [0.25, 0.3) is 0 Å². The third kappa shape index (κ3) is 6.14. The molecule has 0 atom stereocenters. The molecule has 0 saturated heterocycles. The van der Waals surface area contributed by atoms with Crippen LogP contribution < -0.4 is 0 Å². The highest BCUT2D eigenvalue weighted by molar-refractivity contribution is 7.10. The van der Waals surface area contributed by atoms with Gasteiger partial charge in [0.15, 0.2) is 10.7 Å². The van der Waals surface area contributed by atoms with Crippen molar-refractivity contribution in [1.82, 2.24) is 9.88 Å². The molecule has 1 aromatic rings. The molecule has 0 bridgehead atoms. The van der Waals surface area contributed by atoms with Gasteiger partial charge >= 0.3 is 12.1 Å². The van der Waals surface area contributed by atoms with Crippen molar-refractivity contribution in [2.75, 3.05) is 20.2 Å². The van der Waals surface area contributed by atoms with Crippen LogP contribution in [0.15, 0.2) is 5.38 Å². The van der Waals surface area contributed by atoms with Crippen LogP contribution in [0.1, 0.15) is 43.2 Å². The van der Waals surface area contributed by atoms with Crippen LogP contribution in [-0.2, 0) is 9.47 Å². The van der Waals surface area contributed by atoms with Crippen molar-refractivity contribution in [2.45, 2.75) is 33.3 Å². The molecule has 0 unspecified atom stereocenters. The lowest BCUT2D eigenvalue weighted by atomic mass is 10.2. The fourth-order valence-electron chi connectivity index (χ4n) is 1.27. The van der Waals surface area contributed by atoms with Gasteiger partial charge in [-0.05, 0) is 33.6 Å². The molecule has 0 fully saturated rings. The van der Waals surface area contributed by atoms with Crippen LogP contribution in [-0.4, -0.2) is 47.7 Å². The molecule has 0 spiro atoms. The second-order valence-corrected chi connectivity index (χ2v) is 6.25. The maximum Gasteiger partial charge on any atom is 0.410 e. The number of thiazole rings is 1. The average Bonchev–Trinajstić information content (AvgIpc) is 2.85. The Morgan fingerprint density at radius 3 is 2.68 bits per heavy atom. The number of ether oxygens (including phenoxy) is 2. The second-order valence-electron chi connectivity index (χ2n) is 5.40. The number of esters is 1. The fourth-order valence-corrected chi connectivity index (χ4v) is 1.92. The van der Waals surface area contributed by atoms with E-state index in [-0.39, 0.29) is 12.2 Å². The molecule has 1 heterocycles. The van der Waals surface area contributed by atoms with Crippen LogP contribution in [0.4, 0.5) is 4.79 Å². The van der Waals surface area contributed by atoms with Crippen molar-refractivity contribution in [3.8, 4) is 11.8 Å². The van der Waals surface area contributed by atoms with Crippen molar-refractivity contribution in [3.63, 3.8) is 0 Å². The summed E-state index contributed by atoms with van der Waals surface area (Å²) in [6, 6.07) is 0. The zero-order valence-corrected chi connectivity index (χ0v) is 14.2. The third-order valence-electron chi connectivity index (χ3n) is 2.21. The molecule has 6 nitrogen and oxygen atoms in total. The van der Waals surface area contributed by atoms with E-state index < -0.39 is 17.7 Å². The van der Waals surface area contributed by atoms with Crippen LogP contribution in [0, 0.1) is 11.8 Å². The van der Waals surface area contributed by atoms with E-state index in [1.165, 1.54) is 16.2 Å². The first kappa shape index (κ1) is 18.0. The summed E-state index contributed by atoms with van der Waals surface area (Å²) in [5, 5.41) is 2.10. The van der Waals surface area contributed by atoms with E-state index in [0.29, 0.717) is 11.6 Å². The largest absolute Gasteiger partial charge is 0.461 e. The molecule has 0 saturated carbocycles. The van der Waals surface area contributed by atoms with Crippen LogP contribution >= 0.6 is 11.3 Å². The molecule has 0 aliphatic carbocycles. The van der Waals surface area contributed by atoms with E-state index in [1.54, 1.807) is 40.1 Å². The van der Waals surface area contributed by atoms with Crippen molar-refractivity contribution in [3.05, 3.63) is 16.1 Å². The minimum atomic E-state index is -0.539. The number of hydrogen-bond acceptors (Lipinski definition) is 6. The van der Waals surface area contributed by atoms with Crippen molar-refractivity contribution >= 4 is 23.4 Å². The second kappa shape index (κ2) is 7.80. The summed E-state index contributed by atoms with van der Waals surface area (Å²) in [6.45, 7) is 7.66. The molecule has 0 aliphatic heterocycles. The Kier molecular flexibility index (Phi) is 6.38. The van der Waals surface area contributed by atoms with Crippen LogP contribution in [0.2, 0.25) is 0 Å². The molecule has 1 aromatic heterocycles. The Labute approximate surface area is 134 Å². The van der Waals surface area contributed by atoms with Crippen molar-refractivity contribution < 1.29 is 19.1 Å². The number of carbonyl (C=O) groups excluding carboxylic acids is 2. The highest BCUT2D eigenvalue weighted by Crippen LogP contribution is 2.10. The van der Waals surface area contributed by atoms with Gasteiger partial charge in [0, 0.05) is 12.4 Å². The van der Waals surface area contributed by atoms with Gasteiger partial charge in [-0.1, -0.05) is 5.92 Å². The van der Waals surface area contributed by atoms with E-state index in [9.17, 15) is 9.59 Å². The van der Waals surface area contributed by atoms with Gasteiger partial charge in [-0.15, -0.1) is 11.3 Å². The lowest BCUT2D eigenvalue weighted by Crippen LogP contribution is -2.34. The lowest BCUT2D eigenvalue weighted by molar-refractivity contribution is 0.0320. The standard InChI is InChI=1S/C15H20N2O4S/c1-6-20-13(18)11-10-22-12(16-11)8-7-9-17(5)14(19)21-15(2,3)4/h10H,6,9H2,1-5H3. The van der Waals surface area contributed by atoms with Gasteiger partial charge in [-0.3, -0.25) is 0 Å². The monoisotopic (exact) mass is 324 g/mol. The van der Waals surface area contributed by atoms with Crippen molar-refractivity contribution in [2.24, 2.45) is 0 Å². The van der Waals surface area contributed by atoms with Gasteiger partial charge in [0.05, 0.1) is 13.2 Å². The molecular formula is C15H20N2O4S. The van der Waals surface area contributed by atoms with Gasteiger partial charge < -0.3 is 14.4 Å². The van der Waals surface area contributed by atoms with E-state index in [2.05, 4.69) is 16.8 Å². The predicted octanol–water partition coefficient (Wildman–Crippen LogP) is 2.54. The number of hydrogen-bond donors (Lipinski definition) is 0. The zero-order chi connectivity index (χ0) is 16.8. The number of amides is 1. The van der Waals surface area contributed by atoms with Gasteiger partial charge in [0.25, 0.3) is 0 Å². The van der Waals surface area contributed by atoms with E-state index in [0.717, 1.165) is 0 Å². The summed E-state index contributed by atoms with van der Waals surface area (Å²) in [6.07, 6.45) is -0.437. The highest BCUT2D eigenvalue weighted by Gasteiger charge is 2.18. The van der Waals surface area contributed by atoms with Crippen molar-refractivity contribution in [1.29, 1.82) is 0 Å². The smallest absolute Gasteiger partial charge is 0.410 e. The molecule has 0 radical (unpaired) electrons. The first-order chi connectivity index (χ1) is 10.2. The molecule has 0 aliphatic rings. The minimum absolute atomic E-state index is 0.212. The quantitative estimate of drug-likeness (QED) is 0.631. The van der Waals surface area contributed by atoms with Gasteiger partial charge in [-0.2, -0.15) is 0 Å². The number of aromatic nitrogens is 1. The first-order valence-corrected chi connectivity index (χ1v) is 7.66. The average molecular weight is 324 g/mol. The van der Waals surface area contributed by atoms with E-state index in [4.69, 9.17) is 9.47 Å². The molecule has 1 rings (SSSR count). The summed E-state index contributed by atoms with van der Waals surface area (Å²) < 4.78 is 10.1. The Morgan fingerprint density at radius 2 is 2.09 bits per heavy atom. The maximum atomic E-state index is 11.7. The molecular weight excluding hydrogens is 304 g/mol. The number of nitrogens with zero attached hydrogens (tertiary/aromatic N) is 2. The molecule has 0 N–H and O–H groups in total. The lowest BCUT2D eigenvalue weighted by Gasteiger charge is -2.23. The SMILES string of the molecule is CCOC(=O)c1csc(C#CCN(C)C(=O)OC(C)(C)C)n1. The summed E-state index contributed by atoms with van der Waals surface area (Å²) in [7, 11) is 1.61. The summed E-state index contributed by atoms with van der Waals surface area (Å²) in [4.78, 5) is 28.6. The molecule has 120 valence electrons. The maximum absolute atomic E-state index is 11.7. The summed E-state index contributed by atoms with van der Waals surface area (Å²) >= 11 is 1.25.